The van der Waals surface area contributed by atoms with Gasteiger partial charge in [-0.2, -0.15) is 5.26 Å². The average Bonchev–Trinajstić information content (AvgIpc) is 3.40. The summed E-state index contributed by atoms with van der Waals surface area (Å²) in [6, 6.07) is 13.4. The molecule has 4 aliphatic rings. The van der Waals surface area contributed by atoms with Crippen molar-refractivity contribution in [3.63, 3.8) is 0 Å². The van der Waals surface area contributed by atoms with Gasteiger partial charge in [0.25, 0.3) is 17.7 Å². The topological polar surface area (TPSA) is 144 Å². The predicted octanol–water partition coefficient (Wildman–Crippen LogP) is 4.18. The number of carbonyl (C=O) groups excluding carboxylic acids is 3. The van der Waals surface area contributed by atoms with Crippen LogP contribution in [0.2, 0.25) is 5.02 Å². The van der Waals surface area contributed by atoms with Crippen LogP contribution in [-0.2, 0) is 0 Å². The summed E-state index contributed by atoms with van der Waals surface area (Å²) in [5.41, 5.74) is 1.41. The Labute approximate surface area is 294 Å². The molecule has 2 saturated heterocycles. The van der Waals surface area contributed by atoms with E-state index in [-0.39, 0.29) is 29.2 Å². The molecule has 0 atom stereocenters. The lowest BCUT2D eigenvalue weighted by atomic mass is 9.93. The number of piperidine rings is 1. The second-order valence-corrected chi connectivity index (χ2v) is 13.9. The monoisotopic (exact) mass is 700 g/mol. The fraction of sp³-hybridized carbons (Fsp3) is 0.444. The van der Waals surface area contributed by atoms with E-state index < -0.39 is 17.6 Å². The number of nitrogens with one attached hydrogen (secondary N) is 2. The third kappa shape index (κ3) is 7.37. The number of benzene rings is 2. The largest absolute Gasteiger partial charge is 0.490 e. The summed E-state index contributed by atoms with van der Waals surface area (Å²) in [5, 5.41) is 23.4. The van der Waals surface area contributed by atoms with Gasteiger partial charge < -0.3 is 19.9 Å². The summed E-state index contributed by atoms with van der Waals surface area (Å²) in [6.45, 7) is 5.54. The highest BCUT2D eigenvalue weighted by atomic mass is 35.5. The zero-order chi connectivity index (χ0) is 34.8. The van der Waals surface area contributed by atoms with Crippen LogP contribution in [0.4, 0.5) is 15.9 Å². The van der Waals surface area contributed by atoms with Gasteiger partial charge in [-0.3, -0.25) is 24.6 Å². The van der Waals surface area contributed by atoms with Gasteiger partial charge in [0.05, 0.1) is 33.5 Å². The van der Waals surface area contributed by atoms with E-state index in [2.05, 4.69) is 30.6 Å². The van der Waals surface area contributed by atoms with Gasteiger partial charge in [-0.15, -0.1) is 10.2 Å². The molecule has 0 bridgehead atoms. The number of fused-ring (bicyclic) bond motifs is 1. The molecule has 0 unspecified atom stereocenters. The number of rotatable bonds is 8. The zero-order valence-electron chi connectivity index (χ0n) is 27.5. The van der Waals surface area contributed by atoms with Crippen molar-refractivity contribution in [3.8, 4) is 11.8 Å². The van der Waals surface area contributed by atoms with E-state index in [4.69, 9.17) is 21.6 Å². The van der Waals surface area contributed by atoms with Crippen LogP contribution in [0.1, 0.15) is 75.3 Å². The lowest BCUT2D eigenvalue weighted by Crippen LogP contribution is -2.49. The van der Waals surface area contributed by atoms with Crippen molar-refractivity contribution in [2.45, 2.75) is 50.7 Å². The Morgan fingerprint density at radius 1 is 0.920 bits per heavy atom. The van der Waals surface area contributed by atoms with Crippen molar-refractivity contribution in [1.82, 2.24) is 25.7 Å². The molecule has 0 radical (unpaired) electrons. The van der Waals surface area contributed by atoms with E-state index in [0.29, 0.717) is 46.7 Å². The quantitative estimate of drug-likeness (QED) is 0.329. The second-order valence-electron chi connectivity index (χ2n) is 13.4. The second kappa shape index (κ2) is 14.6. The highest BCUT2D eigenvalue weighted by Crippen LogP contribution is 2.30. The molecule has 0 spiro atoms. The van der Waals surface area contributed by atoms with Gasteiger partial charge in [-0.05, 0) is 80.8 Å². The number of imide groups is 1. The third-order valence-electron chi connectivity index (χ3n) is 10.2. The number of amides is 3. The fourth-order valence-corrected chi connectivity index (χ4v) is 7.56. The van der Waals surface area contributed by atoms with Crippen LogP contribution in [0.25, 0.3) is 0 Å². The number of piperazine rings is 1. The van der Waals surface area contributed by atoms with Gasteiger partial charge in [-0.25, -0.2) is 4.39 Å². The molecule has 7 rings (SSSR count). The predicted molar refractivity (Wildman–Crippen MR) is 184 cm³/mol. The third-order valence-corrected chi connectivity index (χ3v) is 10.5. The van der Waals surface area contributed by atoms with Crippen molar-refractivity contribution in [2.24, 2.45) is 5.92 Å². The van der Waals surface area contributed by atoms with Crippen LogP contribution >= 0.6 is 11.6 Å². The number of aromatic nitrogens is 2. The molecular formula is C36H38ClFN8O4. The maximum absolute atomic E-state index is 14.8. The molecule has 1 aromatic heterocycles. The summed E-state index contributed by atoms with van der Waals surface area (Å²) in [4.78, 5) is 43.4. The highest BCUT2D eigenvalue weighted by Gasteiger charge is 2.31. The Hall–Kier alpha value is -4.80. The number of hydrogen-bond acceptors (Lipinski definition) is 10. The fourth-order valence-electron chi connectivity index (χ4n) is 7.35. The van der Waals surface area contributed by atoms with Crippen LogP contribution in [-0.4, -0.2) is 90.8 Å². The first-order valence-electron chi connectivity index (χ1n) is 17.2. The number of anilines is 2. The smallest absolute Gasteiger partial charge is 0.272 e. The molecule has 1 aliphatic carbocycles. The normalized spacial score (nSPS) is 21.4. The minimum atomic E-state index is -0.552. The van der Waals surface area contributed by atoms with Gasteiger partial charge in [0.2, 0.25) is 0 Å². The molecule has 3 aliphatic heterocycles. The molecule has 12 nitrogen and oxygen atoms in total. The molecule has 3 amide bonds. The molecule has 14 heteroatoms. The van der Waals surface area contributed by atoms with E-state index in [9.17, 15) is 18.8 Å². The molecule has 2 N–H and O–H groups in total. The lowest BCUT2D eigenvalue weighted by Gasteiger charge is -2.39. The van der Waals surface area contributed by atoms with Crippen molar-refractivity contribution >= 4 is 40.8 Å². The van der Waals surface area contributed by atoms with Crippen molar-refractivity contribution < 1.29 is 23.5 Å². The molecule has 3 aromatic rings. The summed E-state index contributed by atoms with van der Waals surface area (Å²) in [5.74, 6) is 0.194. The molecule has 1 saturated carbocycles. The van der Waals surface area contributed by atoms with E-state index in [1.54, 1.807) is 24.3 Å². The maximum atomic E-state index is 14.8. The van der Waals surface area contributed by atoms with Gasteiger partial charge in [-0.1, -0.05) is 11.6 Å². The first kappa shape index (κ1) is 33.7. The number of halogens is 2. The summed E-state index contributed by atoms with van der Waals surface area (Å²) < 4.78 is 20.9. The number of ether oxygens (including phenoxy) is 1. The Bertz CT molecular complexity index is 1810. The van der Waals surface area contributed by atoms with Crippen molar-refractivity contribution in [2.75, 3.05) is 55.6 Å². The molecule has 4 heterocycles. The minimum absolute atomic E-state index is 0.0219. The van der Waals surface area contributed by atoms with Gasteiger partial charge in [0.15, 0.2) is 11.5 Å². The number of carbonyl (C=O) groups is 3. The minimum Gasteiger partial charge on any atom is -0.490 e. The maximum Gasteiger partial charge on any atom is 0.272 e. The Morgan fingerprint density at radius 3 is 2.30 bits per heavy atom. The Morgan fingerprint density at radius 2 is 1.64 bits per heavy atom. The average molecular weight is 701 g/mol. The summed E-state index contributed by atoms with van der Waals surface area (Å²) >= 11 is 6.13. The molecule has 50 heavy (non-hydrogen) atoms. The number of nitriles is 1. The first-order chi connectivity index (χ1) is 24.2. The van der Waals surface area contributed by atoms with E-state index in [0.717, 1.165) is 77.1 Å². The standard InChI is InChI=1S/C36H38ClFN8O4/c37-29-17-26(4-1-23(29)20-39)50-25-5-2-24(3-6-25)40-36(49)31-7-8-33(43-42-31)46-11-9-22(10-12-46)21-44-13-15-45(16-14-44)32-19-28-27(18-30(32)38)34(47)41-35(28)48/h1,4,7-8,17-19,22,24-25H,2-3,5-6,9-16,21H2,(H,40,49)(H,41,47,48). The Balaban J connectivity index is 0.823. The van der Waals surface area contributed by atoms with Crippen LogP contribution in [0.15, 0.2) is 42.5 Å². The number of nitrogens with zero attached hydrogens (tertiary/aromatic N) is 6. The van der Waals surface area contributed by atoms with E-state index >= 15 is 0 Å². The molecular weight excluding hydrogens is 663 g/mol. The molecule has 3 fully saturated rings. The van der Waals surface area contributed by atoms with Crippen LogP contribution in [0.3, 0.4) is 0 Å². The van der Waals surface area contributed by atoms with E-state index in [1.165, 1.54) is 12.1 Å². The van der Waals surface area contributed by atoms with Crippen LogP contribution < -0.4 is 25.2 Å². The van der Waals surface area contributed by atoms with Gasteiger partial charge >= 0.3 is 0 Å². The Kier molecular flexibility index (Phi) is 9.83. The van der Waals surface area contributed by atoms with Crippen molar-refractivity contribution in [1.29, 1.82) is 5.26 Å². The first-order valence-corrected chi connectivity index (χ1v) is 17.5. The SMILES string of the molecule is N#Cc1ccc(OC2CCC(NC(=O)c3ccc(N4CCC(CN5CCN(c6cc7c(cc6F)C(=O)NC7=O)CC5)CC4)nn3)CC2)cc1Cl. The summed E-state index contributed by atoms with van der Waals surface area (Å²) in [7, 11) is 0. The van der Waals surface area contributed by atoms with E-state index in [1.807, 2.05) is 17.0 Å². The van der Waals surface area contributed by atoms with Crippen molar-refractivity contribution in [3.05, 3.63) is 75.7 Å². The molecule has 260 valence electrons. The highest BCUT2D eigenvalue weighted by molar-refractivity contribution is 6.31. The van der Waals surface area contributed by atoms with Gasteiger partial charge in [0, 0.05) is 57.9 Å². The van der Waals surface area contributed by atoms with Gasteiger partial charge in [0.1, 0.15) is 17.6 Å². The number of hydrogen-bond donors (Lipinski definition) is 2. The van der Waals surface area contributed by atoms with Crippen LogP contribution in [0, 0.1) is 23.1 Å². The van der Waals surface area contributed by atoms with Crippen LogP contribution in [0.5, 0.6) is 5.75 Å². The zero-order valence-corrected chi connectivity index (χ0v) is 28.3. The summed E-state index contributed by atoms with van der Waals surface area (Å²) in [6.07, 6.45) is 5.20. The lowest BCUT2D eigenvalue weighted by molar-refractivity contribution is 0.0872. The molecule has 2 aromatic carbocycles.